The molecule has 2 aromatic carbocycles. The minimum Gasteiger partial charge on any atom is -0.496 e. The van der Waals surface area contributed by atoms with E-state index in [0.29, 0.717) is 17.9 Å². The minimum absolute atomic E-state index is 0.0638. The number of hydrogen-bond donors (Lipinski definition) is 1. The third kappa shape index (κ3) is 6.36. The molecule has 0 bridgehead atoms. The van der Waals surface area contributed by atoms with E-state index in [1.54, 1.807) is 7.11 Å². The fraction of sp³-hybridized carbons (Fsp3) is 0.536. The molecule has 178 valence electrons. The molecule has 2 saturated heterocycles. The van der Waals surface area contributed by atoms with Crippen LogP contribution in [-0.4, -0.2) is 68.1 Å². The van der Waals surface area contributed by atoms with Crippen LogP contribution >= 0.6 is 0 Å². The average Bonchev–Trinajstić information content (AvgIpc) is 2.87. The second-order valence-electron chi connectivity index (χ2n) is 9.56. The number of methoxy groups -OCH3 is 1. The third-order valence-electron chi connectivity index (χ3n) is 7.23. The molecule has 4 rings (SSSR count). The Balaban J connectivity index is 1.21. The zero-order valence-corrected chi connectivity index (χ0v) is 20.3. The first kappa shape index (κ1) is 23.8. The Kier molecular flexibility index (Phi) is 8.40. The molecule has 0 unspecified atom stereocenters. The summed E-state index contributed by atoms with van der Waals surface area (Å²) in [5.41, 5.74) is 4.00. The number of aryl methyl sites for hydroxylation is 1. The standard InChI is InChI=1S/C28H39N3O2/c1-22-7-9-23(10-8-22)24-11-12-26(27(21-24)33-2)28(32)29-15-6-16-30-19-13-25(14-20-30)31-17-4-3-5-18-31/h7-12,21,25H,3-6,13-20H2,1-2H3,(H,29,32). The van der Waals surface area contributed by atoms with Gasteiger partial charge >= 0.3 is 0 Å². The molecular weight excluding hydrogens is 410 g/mol. The van der Waals surface area contributed by atoms with Crippen LogP contribution in [0.4, 0.5) is 0 Å². The number of piperidine rings is 2. The van der Waals surface area contributed by atoms with Crippen molar-refractivity contribution < 1.29 is 9.53 Å². The number of benzene rings is 2. The molecule has 1 N–H and O–H groups in total. The topological polar surface area (TPSA) is 44.8 Å². The molecule has 5 nitrogen and oxygen atoms in total. The van der Waals surface area contributed by atoms with Gasteiger partial charge in [0.25, 0.3) is 5.91 Å². The first-order valence-corrected chi connectivity index (χ1v) is 12.6. The Hall–Kier alpha value is -2.37. The zero-order valence-electron chi connectivity index (χ0n) is 20.3. The van der Waals surface area contributed by atoms with Crippen molar-refractivity contribution in [1.82, 2.24) is 15.1 Å². The SMILES string of the molecule is COc1cc(-c2ccc(C)cc2)ccc1C(=O)NCCCN1CCC(N2CCCCC2)CC1. The van der Waals surface area contributed by atoms with Gasteiger partial charge < -0.3 is 19.9 Å². The van der Waals surface area contributed by atoms with Crippen molar-refractivity contribution in [3.05, 3.63) is 53.6 Å². The van der Waals surface area contributed by atoms with E-state index in [9.17, 15) is 4.79 Å². The van der Waals surface area contributed by atoms with Gasteiger partial charge in [0, 0.05) is 12.6 Å². The van der Waals surface area contributed by atoms with E-state index in [1.165, 1.54) is 63.8 Å². The maximum atomic E-state index is 12.8. The molecular formula is C28H39N3O2. The van der Waals surface area contributed by atoms with Crippen molar-refractivity contribution in [2.75, 3.05) is 46.4 Å². The lowest BCUT2D eigenvalue weighted by Crippen LogP contribution is -2.47. The van der Waals surface area contributed by atoms with Crippen molar-refractivity contribution >= 4 is 5.91 Å². The van der Waals surface area contributed by atoms with Crippen molar-refractivity contribution in [1.29, 1.82) is 0 Å². The fourth-order valence-corrected chi connectivity index (χ4v) is 5.20. The lowest BCUT2D eigenvalue weighted by atomic mass is 10.00. The lowest BCUT2D eigenvalue weighted by molar-refractivity contribution is 0.0902. The Morgan fingerprint density at radius 3 is 2.36 bits per heavy atom. The highest BCUT2D eigenvalue weighted by molar-refractivity contribution is 5.97. The molecule has 2 aliphatic heterocycles. The van der Waals surface area contributed by atoms with E-state index >= 15 is 0 Å². The van der Waals surface area contributed by atoms with Crippen LogP contribution in [0.3, 0.4) is 0 Å². The molecule has 0 spiro atoms. The number of nitrogens with zero attached hydrogens (tertiary/aromatic N) is 2. The highest BCUT2D eigenvalue weighted by atomic mass is 16.5. The first-order valence-electron chi connectivity index (χ1n) is 12.6. The molecule has 0 saturated carbocycles. The number of nitrogens with one attached hydrogen (secondary N) is 1. The second kappa shape index (κ2) is 11.7. The van der Waals surface area contributed by atoms with E-state index in [-0.39, 0.29) is 5.91 Å². The molecule has 2 fully saturated rings. The van der Waals surface area contributed by atoms with Crippen molar-refractivity contribution in [2.24, 2.45) is 0 Å². The molecule has 33 heavy (non-hydrogen) atoms. The summed E-state index contributed by atoms with van der Waals surface area (Å²) in [7, 11) is 1.62. The monoisotopic (exact) mass is 449 g/mol. The number of carbonyl (C=O) groups excluding carboxylic acids is 1. The molecule has 0 aliphatic carbocycles. The van der Waals surface area contributed by atoms with Crippen LogP contribution in [0.25, 0.3) is 11.1 Å². The van der Waals surface area contributed by atoms with Crippen molar-refractivity contribution in [2.45, 2.75) is 51.5 Å². The zero-order chi connectivity index (χ0) is 23.0. The number of ether oxygens (including phenoxy) is 1. The molecule has 0 radical (unpaired) electrons. The summed E-state index contributed by atoms with van der Waals surface area (Å²) in [6, 6.07) is 15.0. The van der Waals surface area contributed by atoms with Gasteiger partial charge in [0.15, 0.2) is 0 Å². The fourth-order valence-electron chi connectivity index (χ4n) is 5.20. The van der Waals surface area contributed by atoms with Gasteiger partial charge in [-0.1, -0.05) is 42.3 Å². The van der Waals surface area contributed by atoms with E-state index in [4.69, 9.17) is 4.74 Å². The van der Waals surface area contributed by atoms with Crippen LogP contribution in [0.1, 0.15) is 54.4 Å². The lowest BCUT2D eigenvalue weighted by Gasteiger charge is -2.40. The highest BCUT2D eigenvalue weighted by Gasteiger charge is 2.25. The van der Waals surface area contributed by atoms with Gasteiger partial charge in [0.1, 0.15) is 5.75 Å². The summed E-state index contributed by atoms with van der Waals surface area (Å²) in [5.74, 6) is 0.552. The van der Waals surface area contributed by atoms with Crippen LogP contribution in [-0.2, 0) is 0 Å². The van der Waals surface area contributed by atoms with Gasteiger partial charge in [-0.2, -0.15) is 0 Å². The number of likely N-dealkylation sites (tertiary alicyclic amines) is 2. The van der Waals surface area contributed by atoms with Gasteiger partial charge in [-0.25, -0.2) is 0 Å². The average molecular weight is 450 g/mol. The van der Waals surface area contributed by atoms with Crippen LogP contribution in [0.15, 0.2) is 42.5 Å². The molecule has 5 heteroatoms. The van der Waals surface area contributed by atoms with Gasteiger partial charge in [-0.15, -0.1) is 0 Å². The number of hydrogen-bond acceptors (Lipinski definition) is 4. The molecule has 2 heterocycles. The smallest absolute Gasteiger partial charge is 0.255 e. The van der Waals surface area contributed by atoms with Crippen LogP contribution in [0, 0.1) is 6.92 Å². The van der Waals surface area contributed by atoms with Crippen LogP contribution in [0.2, 0.25) is 0 Å². The predicted molar refractivity (Wildman–Crippen MR) is 135 cm³/mol. The summed E-state index contributed by atoms with van der Waals surface area (Å²) in [6.45, 7) is 8.78. The summed E-state index contributed by atoms with van der Waals surface area (Å²) in [4.78, 5) is 18.1. The molecule has 0 atom stereocenters. The minimum atomic E-state index is -0.0638. The largest absolute Gasteiger partial charge is 0.496 e. The van der Waals surface area contributed by atoms with Crippen molar-refractivity contribution in [3.63, 3.8) is 0 Å². The quantitative estimate of drug-likeness (QED) is 0.591. The normalized spacial score (nSPS) is 18.2. The Morgan fingerprint density at radius 1 is 0.970 bits per heavy atom. The summed E-state index contributed by atoms with van der Waals surface area (Å²) in [6.07, 6.45) is 7.71. The van der Waals surface area contributed by atoms with E-state index < -0.39 is 0 Å². The maximum Gasteiger partial charge on any atom is 0.255 e. The van der Waals surface area contributed by atoms with Gasteiger partial charge in [-0.3, -0.25) is 4.79 Å². The third-order valence-corrected chi connectivity index (χ3v) is 7.23. The van der Waals surface area contributed by atoms with Gasteiger partial charge in [0.2, 0.25) is 0 Å². The summed E-state index contributed by atoms with van der Waals surface area (Å²) < 4.78 is 5.54. The van der Waals surface area contributed by atoms with Gasteiger partial charge in [0.05, 0.1) is 12.7 Å². The van der Waals surface area contributed by atoms with E-state index in [2.05, 4.69) is 46.3 Å². The highest BCUT2D eigenvalue weighted by Crippen LogP contribution is 2.27. The Labute approximate surface area is 199 Å². The van der Waals surface area contributed by atoms with Crippen LogP contribution < -0.4 is 10.1 Å². The van der Waals surface area contributed by atoms with Gasteiger partial charge in [-0.05, 0) is 95.0 Å². The predicted octanol–water partition coefficient (Wildman–Crippen LogP) is 4.74. The Bertz CT molecular complexity index is 898. The Morgan fingerprint density at radius 2 is 1.67 bits per heavy atom. The summed E-state index contributed by atoms with van der Waals surface area (Å²) >= 11 is 0. The van der Waals surface area contributed by atoms with E-state index in [0.717, 1.165) is 30.1 Å². The van der Waals surface area contributed by atoms with E-state index in [1.807, 2.05) is 18.2 Å². The maximum absolute atomic E-state index is 12.8. The molecule has 1 amide bonds. The molecule has 2 aliphatic rings. The summed E-state index contributed by atoms with van der Waals surface area (Å²) in [5, 5.41) is 3.09. The second-order valence-corrected chi connectivity index (χ2v) is 9.56. The number of carbonyl (C=O) groups is 1. The molecule has 0 aromatic heterocycles. The number of amides is 1. The number of rotatable bonds is 8. The van der Waals surface area contributed by atoms with Crippen molar-refractivity contribution in [3.8, 4) is 16.9 Å². The molecule has 2 aromatic rings. The first-order chi connectivity index (χ1) is 16.1. The van der Waals surface area contributed by atoms with Crippen LogP contribution in [0.5, 0.6) is 5.75 Å².